The molecule has 0 amide bonds. The Morgan fingerprint density at radius 3 is 2.57 bits per heavy atom. The molecule has 14 heavy (non-hydrogen) atoms. The molecule has 0 spiro atoms. The van der Waals surface area contributed by atoms with E-state index in [0.29, 0.717) is 6.04 Å². The van der Waals surface area contributed by atoms with Gasteiger partial charge in [0.2, 0.25) is 0 Å². The molecule has 1 N–H and O–H groups in total. The van der Waals surface area contributed by atoms with Crippen LogP contribution in [0.15, 0.2) is 0 Å². The van der Waals surface area contributed by atoms with E-state index < -0.39 is 0 Å². The molecule has 1 fully saturated rings. The molecule has 2 unspecified atom stereocenters. The molecule has 0 aromatic heterocycles. The maximum atomic E-state index is 9.30. The van der Waals surface area contributed by atoms with Crippen LogP contribution in [0.2, 0.25) is 0 Å². The average Bonchev–Trinajstić information content (AvgIpc) is 2.54. The third-order valence-corrected chi connectivity index (χ3v) is 3.10. The summed E-state index contributed by atoms with van der Waals surface area (Å²) in [7, 11) is 0. The molecule has 3 nitrogen and oxygen atoms in total. The SMILES string of the molecule is CCN(CC)C1CCN(CC(C)O)C1. The molecule has 1 heterocycles. The van der Waals surface area contributed by atoms with Crippen molar-refractivity contribution in [2.45, 2.75) is 39.3 Å². The number of nitrogens with zero attached hydrogens (tertiary/aromatic N) is 2. The molecule has 0 aromatic rings. The number of hydrogen-bond donors (Lipinski definition) is 1. The highest BCUT2D eigenvalue weighted by molar-refractivity contribution is 4.83. The van der Waals surface area contributed by atoms with Crippen LogP contribution >= 0.6 is 0 Å². The van der Waals surface area contributed by atoms with Crippen molar-refractivity contribution in [3.63, 3.8) is 0 Å². The van der Waals surface area contributed by atoms with E-state index >= 15 is 0 Å². The second-order valence-electron chi connectivity index (χ2n) is 4.27. The quantitative estimate of drug-likeness (QED) is 0.710. The van der Waals surface area contributed by atoms with Gasteiger partial charge in [0.1, 0.15) is 0 Å². The fourth-order valence-electron chi connectivity index (χ4n) is 2.39. The van der Waals surface area contributed by atoms with E-state index in [1.165, 1.54) is 6.42 Å². The van der Waals surface area contributed by atoms with Crippen molar-refractivity contribution in [1.82, 2.24) is 9.80 Å². The predicted octanol–water partition coefficient (Wildman–Crippen LogP) is 0.783. The summed E-state index contributed by atoms with van der Waals surface area (Å²) in [5.74, 6) is 0. The summed E-state index contributed by atoms with van der Waals surface area (Å²) in [5.41, 5.74) is 0. The number of aliphatic hydroxyl groups is 1. The molecule has 1 rings (SSSR count). The van der Waals surface area contributed by atoms with Gasteiger partial charge in [0.25, 0.3) is 0 Å². The Kier molecular flexibility index (Phi) is 4.85. The number of β-amino-alcohol motifs (C(OH)–C–C–N with tert-alkyl or cyclic N) is 1. The van der Waals surface area contributed by atoms with Crippen LogP contribution in [-0.2, 0) is 0 Å². The van der Waals surface area contributed by atoms with Crippen LogP contribution in [0, 0.1) is 0 Å². The smallest absolute Gasteiger partial charge is 0.0639 e. The van der Waals surface area contributed by atoms with Gasteiger partial charge in [-0.1, -0.05) is 13.8 Å². The van der Waals surface area contributed by atoms with Crippen molar-refractivity contribution >= 4 is 0 Å². The molecule has 0 radical (unpaired) electrons. The minimum atomic E-state index is -0.189. The molecule has 1 aliphatic rings. The maximum absolute atomic E-state index is 9.30. The molecular weight excluding hydrogens is 176 g/mol. The Labute approximate surface area is 87.7 Å². The number of likely N-dealkylation sites (N-methyl/N-ethyl adjacent to an activating group) is 1. The lowest BCUT2D eigenvalue weighted by Gasteiger charge is -2.26. The van der Waals surface area contributed by atoms with E-state index in [9.17, 15) is 5.11 Å². The van der Waals surface area contributed by atoms with Crippen LogP contribution in [0.4, 0.5) is 0 Å². The summed E-state index contributed by atoms with van der Waals surface area (Å²) >= 11 is 0. The second-order valence-corrected chi connectivity index (χ2v) is 4.27. The van der Waals surface area contributed by atoms with Crippen molar-refractivity contribution < 1.29 is 5.11 Å². The van der Waals surface area contributed by atoms with E-state index in [2.05, 4.69) is 23.6 Å². The van der Waals surface area contributed by atoms with E-state index in [1.54, 1.807) is 0 Å². The molecule has 0 aliphatic carbocycles. The van der Waals surface area contributed by atoms with Gasteiger partial charge in [-0.05, 0) is 33.0 Å². The largest absolute Gasteiger partial charge is 0.392 e. The van der Waals surface area contributed by atoms with Crippen LogP contribution in [0.3, 0.4) is 0 Å². The van der Waals surface area contributed by atoms with Gasteiger partial charge in [-0.25, -0.2) is 0 Å². The van der Waals surface area contributed by atoms with Crippen LogP contribution in [-0.4, -0.2) is 59.8 Å². The summed E-state index contributed by atoms with van der Waals surface area (Å²) in [5, 5.41) is 9.30. The zero-order valence-electron chi connectivity index (χ0n) is 9.74. The lowest BCUT2D eigenvalue weighted by Crippen LogP contribution is -2.38. The summed E-state index contributed by atoms with van der Waals surface area (Å²) in [6.07, 6.45) is 1.07. The first-order valence-electron chi connectivity index (χ1n) is 5.81. The topological polar surface area (TPSA) is 26.7 Å². The monoisotopic (exact) mass is 200 g/mol. The van der Waals surface area contributed by atoms with Gasteiger partial charge in [-0.15, -0.1) is 0 Å². The highest BCUT2D eigenvalue weighted by Crippen LogP contribution is 2.15. The van der Waals surface area contributed by atoms with E-state index in [-0.39, 0.29) is 6.10 Å². The lowest BCUT2D eigenvalue weighted by molar-refractivity contribution is 0.132. The summed E-state index contributed by atoms with van der Waals surface area (Å²) in [6.45, 7) is 11.7. The summed E-state index contributed by atoms with van der Waals surface area (Å²) < 4.78 is 0. The number of hydrogen-bond acceptors (Lipinski definition) is 3. The number of likely N-dealkylation sites (tertiary alicyclic amines) is 1. The van der Waals surface area contributed by atoms with E-state index in [1.807, 2.05) is 6.92 Å². The van der Waals surface area contributed by atoms with Crippen molar-refractivity contribution in [2.24, 2.45) is 0 Å². The van der Waals surface area contributed by atoms with E-state index in [4.69, 9.17) is 0 Å². The molecule has 2 atom stereocenters. The second kappa shape index (κ2) is 5.69. The Morgan fingerprint density at radius 2 is 2.07 bits per heavy atom. The number of aliphatic hydroxyl groups excluding tert-OH is 1. The van der Waals surface area contributed by atoms with Crippen LogP contribution in [0.1, 0.15) is 27.2 Å². The van der Waals surface area contributed by atoms with Gasteiger partial charge >= 0.3 is 0 Å². The summed E-state index contributed by atoms with van der Waals surface area (Å²) in [4.78, 5) is 4.88. The number of rotatable bonds is 5. The Hall–Kier alpha value is -0.120. The van der Waals surface area contributed by atoms with E-state index in [0.717, 1.165) is 32.7 Å². The third kappa shape index (κ3) is 3.23. The lowest BCUT2D eigenvalue weighted by atomic mass is 10.2. The molecule has 0 saturated carbocycles. The van der Waals surface area contributed by atoms with Crippen molar-refractivity contribution in [3.8, 4) is 0 Å². The first-order chi connectivity index (χ1) is 6.67. The van der Waals surface area contributed by atoms with Crippen LogP contribution in [0.5, 0.6) is 0 Å². The van der Waals surface area contributed by atoms with Gasteiger partial charge in [0.15, 0.2) is 0 Å². The molecule has 1 aliphatic heterocycles. The highest BCUT2D eigenvalue weighted by atomic mass is 16.3. The van der Waals surface area contributed by atoms with Gasteiger partial charge in [0, 0.05) is 19.1 Å². The first kappa shape index (κ1) is 12.0. The zero-order chi connectivity index (χ0) is 10.6. The highest BCUT2D eigenvalue weighted by Gasteiger charge is 2.26. The fraction of sp³-hybridized carbons (Fsp3) is 1.00. The fourth-order valence-corrected chi connectivity index (χ4v) is 2.39. The first-order valence-corrected chi connectivity index (χ1v) is 5.81. The Morgan fingerprint density at radius 1 is 1.43 bits per heavy atom. The van der Waals surface area contributed by atoms with Crippen LogP contribution < -0.4 is 0 Å². The van der Waals surface area contributed by atoms with Gasteiger partial charge < -0.3 is 5.11 Å². The zero-order valence-corrected chi connectivity index (χ0v) is 9.74. The average molecular weight is 200 g/mol. The van der Waals surface area contributed by atoms with Crippen molar-refractivity contribution in [3.05, 3.63) is 0 Å². The molecule has 1 saturated heterocycles. The molecule has 3 heteroatoms. The van der Waals surface area contributed by atoms with Gasteiger partial charge in [-0.2, -0.15) is 0 Å². The Balaban J connectivity index is 2.32. The van der Waals surface area contributed by atoms with Crippen molar-refractivity contribution in [1.29, 1.82) is 0 Å². The molecule has 84 valence electrons. The normalized spacial score (nSPS) is 25.9. The van der Waals surface area contributed by atoms with Gasteiger partial charge in [-0.3, -0.25) is 9.80 Å². The molecule has 0 aromatic carbocycles. The van der Waals surface area contributed by atoms with Crippen molar-refractivity contribution in [2.75, 3.05) is 32.7 Å². The molecule has 0 bridgehead atoms. The summed E-state index contributed by atoms with van der Waals surface area (Å²) in [6, 6.07) is 0.712. The van der Waals surface area contributed by atoms with Crippen LogP contribution in [0.25, 0.3) is 0 Å². The molecular formula is C11H24N2O. The predicted molar refractivity (Wildman–Crippen MR) is 59.4 cm³/mol. The Bertz CT molecular complexity index is 157. The van der Waals surface area contributed by atoms with Gasteiger partial charge in [0.05, 0.1) is 6.10 Å². The minimum Gasteiger partial charge on any atom is -0.392 e. The minimum absolute atomic E-state index is 0.189. The maximum Gasteiger partial charge on any atom is 0.0639 e. The third-order valence-electron chi connectivity index (χ3n) is 3.10. The standard InChI is InChI=1S/C11H24N2O/c1-4-13(5-2)11-6-7-12(9-11)8-10(3)14/h10-11,14H,4-9H2,1-3H3.